The van der Waals surface area contributed by atoms with E-state index in [0.717, 1.165) is 58.4 Å². The van der Waals surface area contributed by atoms with Gasteiger partial charge >= 0.3 is 11.9 Å². The quantitative estimate of drug-likeness (QED) is 0.108. The molecule has 0 unspecified atom stereocenters. The summed E-state index contributed by atoms with van der Waals surface area (Å²) in [5, 5.41) is 3.08. The normalized spacial score (nSPS) is 11.3. The number of esters is 2. The second-order valence-corrected chi connectivity index (χ2v) is 10.6. The van der Waals surface area contributed by atoms with Crippen LogP contribution in [0.5, 0.6) is 0 Å². The first kappa shape index (κ1) is 29.7. The predicted molar refractivity (Wildman–Crippen MR) is 158 cm³/mol. The molecule has 0 saturated carbocycles. The molecule has 0 heterocycles. The van der Waals surface area contributed by atoms with E-state index in [2.05, 4.69) is 13.8 Å². The highest BCUT2D eigenvalue weighted by Gasteiger charge is 2.25. The third-order valence-corrected chi connectivity index (χ3v) is 7.45. The van der Waals surface area contributed by atoms with Gasteiger partial charge in [0.05, 0.1) is 24.3 Å². The van der Waals surface area contributed by atoms with Crippen LogP contribution in [-0.2, 0) is 9.47 Å². The Bertz CT molecular complexity index is 1110. The van der Waals surface area contributed by atoms with Crippen molar-refractivity contribution in [2.75, 3.05) is 13.2 Å². The number of aryl methyl sites for hydroxylation is 2. The lowest BCUT2D eigenvalue weighted by Gasteiger charge is -2.18. The Hall–Kier alpha value is -2.88. The van der Waals surface area contributed by atoms with Crippen LogP contribution in [0.3, 0.4) is 0 Å². The Balaban J connectivity index is 1.89. The zero-order valence-corrected chi connectivity index (χ0v) is 24.0. The van der Waals surface area contributed by atoms with Crippen molar-refractivity contribution in [2.45, 2.75) is 105 Å². The molecule has 3 aromatic rings. The zero-order chi connectivity index (χ0) is 27.3. The largest absolute Gasteiger partial charge is 0.462 e. The van der Waals surface area contributed by atoms with Crippen LogP contribution in [0.15, 0.2) is 36.4 Å². The number of carbonyl (C=O) groups is 2. The molecule has 0 N–H and O–H groups in total. The number of carbonyl (C=O) groups excluding carboxylic acids is 2. The Morgan fingerprint density at radius 1 is 0.553 bits per heavy atom. The van der Waals surface area contributed by atoms with E-state index < -0.39 is 0 Å². The van der Waals surface area contributed by atoms with Crippen LogP contribution in [0.2, 0.25) is 0 Å². The van der Waals surface area contributed by atoms with Gasteiger partial charge in [0.2, 0.25) is 0 Å². The molecule has 0 amide bonds. The van der Waals surface area contributed by atoms with E-state index in [-0.39, 0.29) is 11.9 Å². The lowest BCUT2D eigenvalue weighted by Crippen LogP contribution is -2.13. The molecule has 0 saturated heterocycles. The van der Waals surface area contributed by atoms with Gasteiger partial charge in [-0.25, -0.2) is 9.59 Å². The Morgan fingerprint density at radius 3 is 1.32 bits per heavy atom. The van der Waals surface area contributed by atoms with Gasteiger partial charge in [0.25, 0.3) is 0 Å². The van der Waals surface area contributed by atoms with E-state index in [1.54, 1.807) is 0 Å². The minimum Gasteiger partial charge on any atom is -0.462 e. The molecule has 4 heteroatoms. The monoisotopic (exact) mass is 518 g/mol. The summed E-state index contributed by atoms with van der Waals surface area (Å²) in [5.41, 5.74) is 3.00. The molecular formula is C34H46O4. The smallest absolute Gasteiger partial charge is 0.339 e. The van der Waals surface area contributed by atoms with Gasteiger partial charge in [0.1, 0.15) is 0 Å². The topological polar surface area (TPSA) is 52.6 Å². The first-order valence-corrected chi connectivity index (χ1v) is 14.8. The second-order valence-electron chi connectivity index (χ2n) is 10.6. The van der Waals surface area contributed by atoms with Crippen LogP contribution in [0.4, 0.5) is 0 Å². The van der Waals surface area contributed by atoms with Crippen molar-refractivity contribution in [3.63, 3.8) is 0 Å². The molecule has 0 fully saturated rings. The van der Waals surface area contributed by atoms with Crippen molar-refractivity contribution < 1.29 is 19.1 Å². The minimum absolute atomic E-state index is 0.319. The van der Waals surface area contributed by atoms with Crippen LogP contribution < -0.4 is 0 Å². The van der Waals surface area contributed by atoms with Crippen molar-refractivity contribution in [3.05, 3.63) is 58.7 Å². The number of unbranched alkanes of at least 4 members (excludes halogenated alkanes) is 10. The highest BCUT2D eigenvalue weighted by atomic mass is 16.5. The average molecular weight is 519 g/mol. The zero-order valence-electron chi connectivity index (χ0n) is 24.0. The molecular weight excluding hydrogens is 472 g/mol. The van der Waals surface area contributed by atoms with Gasteiger partial charge in [-0.15, -0.1) is 0 Å². The van der Waals surface area contributed by atoms with Gasteiger partial charge in [-0.3, -0.25) is 0 Å². The maximum Gasteiger partial charge on any atom is 0.339 e. The van der Waals surface area contributed by atoms with Crippen molar-refractivity contribution >= 4 is 33.5 Å². The lowest BCUT2D eigenvalue weighted by molar-refractivity contribution is 0.0489. The predicted octanol–water partition coefficient (Wildman–Crippen LogP) is 9.64. The fourth-order valence-electron chi connectivity index (χ4n) is 5.35. The second kappa shape index (κ2) is 15.5. The van der Waals surface area contributed by atoms with Crippen LogP contribution in [0.1, 0.15) is 123 Å². The van der Waals surface area contributed by atoms with E-state index in [0.29, 0.717) is 24.3 Å². The lowest BCUT2D eigenvalue weighted by atomic mass is 9.87. The Labute approximate surface area is 229 Å². The molecule has 0 aromatic heterocycles. The number of hydrogen-bond acceptors (Lipinski definition) is 4. The highest BCUT2D eigenvalue weighted by Crippen LogP contribution is 2.37. The molecule has 3 rings (SSSR count). The van der Waals surface area contributed by atoms with E-state index in [4.69, 9.17) is 9.47 Å². The molecule has 206 valence electrons. The Kier molecular flexibility index (Phi) is 12.1. The SMILES string of the molecule is CCCCCCCCOC(=O)c1c2cccc(C)c2c(C(=O)OCCCCCCCC)c2cccc(C)c12. The number of hydrogen-bond donors (Lipinski definition) is 0. The van der Waals surface area contributed by atoms with Crippen molar-refractivity contribution in [1.82, 2.24) is 0 Å². The third kappa shape index (κ3) is 7.58. The van der Waals surface area contributed by atoms with E-state index >= 15 is 0 Å². The minimum atomic E-state index is -0.319. The standard InChI is InChI=1S/C34H46O4/c1-5-7-9-11-13-15-23-37-33(35)31-27-21-17-20-26(4)30(27)32(28-22-18-19-25(3)29(28)31)34(36)38-24-16-14-12-10-8-6-2/h17-22H,5-16,23-24H2,1-4H3. The molecule has 4 nitrogen and oxygen atoms in total. The summed E-state index contributed by atoms with van der Waals surface area (Å²) in [6.45, 7) is 9.21. The van der Waals surface area contributed by atoms with E-state index in [1.807, 2.05) is 50.2 Å². The van der Waals surface area contributed by atoms with Gasteiger partial charge in [0, 0.05) is 10.8 Å². The summed E-state index contributed by atoms with van der Waals surface area (Å²) in [4.78, 5) is 27.1. The summed E-state index contributed by atoms with van der Waals surface area (Å²) in [5.74, 6) is -0.638. The summed E-state index contributed by atoms with van der Waals surface area (Å²) < 4.78 is 11.6. The summed E-state index contributed by atoms with van der Waals surface area (Å²) in [6, 6.07) is 11.7. The molecule has 0 spiro atoms. The van der Waals surface area contributed by atoms with E-state index in [9.17, 15) is 9.59 Å². The first-order chi connectivity index (χ1) is 18.5. The highest BCUT2D eigenvalue weighted by molar-refractivity contribution is 6.25. The van der Waals surface area contributed by atoms with Gasteiger partial charge in [-0.1, -0.05) is 114 Å². The summed E-state index contributed by atoms with van der Waals surface area (Å²) in [6.07, 6.45) is 13.6. The van der Waals surface area contributed by atoms with Crippen molar-refractivity contribution in [3.8, 4) is 0 Å². The van der Waals surface area contributed by atoms with Gasteiger partial charge < -0.3 is 9.47 Å². The Morgan fingerprint density at radius 2 is 0.921 bits per heavy atom. The summed E-state index contributed by atoms with van der Waals surface area (Å²) in [7, 11) is 0. The maximum absolute atomic E-state index is 13.5. The molecule has 0 aliphatic rings. The van der Waals surface area contributed by atoms with Gasteiger partial charge in [-0.05, 0) is 48.6 Å². The first-order valence-electron chi connectivity index (χ1n) is 14.8. The van der Waals surface area contributed by atoms with Crippen LogP contribution >= 0.6 is 0 Å². The van der Waals surface area contributed by atoms with Crippen LogP contribution in [0.25, 0.3) is 21.5 Å². The number of benzene rings is 3. The average Bonchev–Trinajstić information content (AvgIpc) is 2.91. The molecule has 0 bridgehead atoms. The molecule has 38 heavy (non-hydrogen) atoms. The van der Waals surface area contributed by atoms with Gasteiger partial charge in [0.15, 0.2) is 0 Å². The van der Waals surface area contributed by atoms with E-state index in [1.165, 1.54) is 51.4 Å². The maximum atomic E-state index is 13.5. The fraction of sp³-hybridized carbons (Fsp3) is 0.529. The number of ether oxygens (including phenoxy) is 2. The van der Waals surface area contributed by atoms with Crippen molar-refractivity contribution in [1.29, 1.82) is 0 Å². The molecule has 0 aliphatic carbocycles. The molecule has 3 aromatic carbocycles. The third-order valence-electron chi connectivity index (χ3n) is 7.45. The van der Waals surface area contributed by atoms with Crippen LogP contribution in [0, 0.1) is 13.8 Å². The summed E-state index contributed by atoms with van der Waals surface area (Å²) >= 11 is 0. The molecule has 0 atom stereocenters. The van der Waals surface area contributed by atoms with Crippen molar-refractivity contribution in [2.24, 2.45) is 0 Å². The van der Waals surface area contributed by atoms with Crippen LogP contribution in [-0.4, -0.2) is 25.2 Å². The van der Waals surface area contributed by atoms with Gasteiger partial charge in [-0.2, -0.15) is 0 Å². The number of fused-ring (bicyclic) bond motifs is 2. The number of rotatable bonds is 16. The fourth-order valence-corrected chi connectivity index (χ4v) is 5.35. The molecule has 0 aliphatic heterocycles. The molecule has 0 radical (unpaired) electrons.